The van der Waals surface area contributed by atoms with Crippen LogP contribution in [-0.2, 0) is 11.2 Å². The Labute approximate surface area is 165 Å². The Morgan fingerprint density at radius 3 is 2.43 bits per heavy atom. The third-order valence-electron chi connectivity index (χ3n) is 3.99. The molecule has 1 aromatic heterocycles. The number of aromatic nitrogens is 1. The van der Waals surface area contributed by atoms with Crippen LogP contribution in [0.4, 0.5) is 17.2 Å². The van der Waals surface area contributed by atoms with Crippen molar-refractivity contribution in [1.82, 2.24) is 4.98 Å². The monoisotopic (exact) mass is 375 g/mol. The zero-order valence-electron chi connectivity index (χ0n) is 16.4. The summed E-state index contributed by atoms with van der Waals surface area (Å²) in [6, 6.07) is 19.3. The van der Waals surface area contributed by atoms with E-state index in [1.807, 2.05) is 81.4 Å². The van der Waals surface area contributed by atoms with Crippen molar-refractivity contribution in [1.29, 1.82) is 0 Å². The molecule has 0 atom stereocenters. The van der Waals surface area contributed by atoms with E-state index in [0.29, 0.717) is 17.9 Å². The Balaban J connectivity index is 1.55. The molecule has 28 heavy (non-hydrogen) atoms. The van der Waals surface area contributed by atoms with Gasteiger partial charge < -0.3 is 15.4 Å². The number of carbonyl (C=O) groups is 1. The van der Waals surface area contributed by atoms with Crippen LogP contribution in [-0.4, -0.2) is 17.0 Å². The topological polar surface area (TPSA) is 63.2 Å². The molecule has 1 heterocycles. The summed E-state index contributed by atoms with van der Waals surface area (Å²) in [4.78, 5) is 16.6. The molecule has 0 aliphatic heterocycles. The van der Waals surface area contributed by atoms with E-state index in [9.17, 15) is 4.79 Å². The number of nitrogens with one attached hydrogen (secondary N) is 2. The molecule has 3 rings (SSSR count). The summed E-state index contributed by atoms with van der Waals surface area (Å²) in [7, 11) is 0. The lowest BCUT2D eigenvalue weighted by Crippen LogP contribution is -2.14. The molecule has 0 aliphatic carbocycles. The smallest absolute Gasteiger partial charge is 0.228 e. The second kappa shape index (κ2) is 9.04. The fourth-order valence-corrected chi connectivity index (χ4v) is 2.79. The average Bonchev–Trinajstić information content (AvgIpc) is 2.64. The van der Waals surface area contributed by atoms with E-state index >= 15 is 0 Å². The van der Waals surface area contributed by atoms with Gasteiger partial charge in [-0.3, -0.25) is 4.79 Å². The molecule has 2 aromatic carbocycles. The third kappa shape index (κ3) is 5.84. The molecule has 1 amide bonds. The maximum atomic E-state index is 12.2. The van der Waals surface area contributed by atoms with Gasteiger partial charge in [-0.2, -0.15) is 0 Å². The van der Waals surface area contributed by atoms with Crippen LogP contribution in [0.15, 0.2) is 66.9 Å². The molecule has 0 radical (unpaired) electrons. The second-order valence-electron chi connectivity index (χ2n) is 6.96. The Bertz CT molecular complexity index is 919. The molecule has 0 unspecified atom stereocenters. The highest BCUT2D eigenvalue weighted by Gasteiger charge is 2.05. The molecular formula is C23H25N3O2. The van der Waals surface area contributed by atoms with Crippen molar-refractivity contribution in [3.63, 3.8) is 0 Å². The summed E-state index contributed by atoms with van der Waals surface area (Å²) in [6.45, 7) is 6.01. The highest BCUT2D eigenvalue weighted by atomic mass is 16.5. The summed E-state index contributed by atoms with van der Waals surface area (Å²) in [5.41, 5.74) is 3.73. The Kier molecular flexibility index (Phi) is 6.27. The van der Waals surface area contributed by atoms with Gasteiger partial charge in [0.25, 0.3) is 0 Å². The number of rotatable bonds is 7. The van der Waals surface area contributed by atoms with Crippen LogP contribution < -0.4 is 15.4 Å². The molecule has 0 aliphatic rings. The number of hydrogen-bond donors (Lipinski definition) is 2. The minimum atomic E-state index is -0.0612. The highest BCUT2D eigenvalue weighted by molar-refractivity contribution is 5.92. The Hall–Kier alpha value is -3.34. The number of aryl methyl sites for hydroxylation is 1. The average molecular weight is 375 g/mol. The van der Waals surface area contributed by atoms with Crippen molar-refractivity contribution < 1.29 is 9.53 Å². The summed E-state index contributed by atoms with van der Waals surface area (Å²) >= 11 is 0. The number of benzene rings is 2. The van der Waals surface area contributed by atoms with E-state index in [1.165, 1.54) is 0 Å². The van der Waals surface area contributed by atoms with Gasteiger partial charge >= 0.3 is 0 Å². The van der Waals surface area contributed by atoms with Gasteiger partial charge in [0, 0.05) is 5.69 Å². The van der Waals surface area contributed by atoms with E-state index in [2.05, 4.69) is 15.6 Å². The Morgan fingerprint density at radius 1 is 1.04 bits per heavy atom. The fraction of sp³-hybridized carbons (Fsp3) is 0.217. The number of hydrogen-bond acceptors (Lipinski definition) is 4. The lowest BCUT2D eigenvalue weighted by molar-refractivity contribution is -0.115. The van der Waals surface area contributed by atoms with Crippen LogP contribution in [0.2, 0.25) is 0 Å². The molecule has 3 aromatic rings. The molecule has 5 nitrogen and oxygen atoms in total. The van der Waals surface area contributed by atoms with Crippen molar-refractivity contribution in [3.8, 4) is 5.75 Å². The molecular weight excluding hydrogens is 350 g/mol. The standard InChI is InChI=1S/C23H25N3O2/c1-16(2)28-21-10-7-19(8-11-21)25-22-12-9-20(15-24-22)26-23(27)14-18-6-4-5-17(3)13-18/h4-13,15-16H,14H2,1-3H3,(H,24,25)(H,26,27). The predicted molar refractivity (Wildman–Crippen MR) is 113 cm³/mol. The first-order valence-corrected chi connectivity index (χ1v) is 9.33. The first-order valence-electron chi connectivity index (χ1n) is 9.33. The molecule has 5 heteroatoms. The van der Waals surface area contributed by atoms with Crippen molar-refractivity contribution in [2.24, 2.45) is 0 Å². The van der Waals surface area contributed by atoms with Crippen molar-refractivity contribution in [2.75, 3.05) is 10.6 Å². The van der Waals surface area contributed by atoms with E-state index < -0.39 is 0 Å². The zero-order valence-corrected chi connectivity index (χ0v) is 16.4. The minimum Gasteiger partial charge on any atom is -0.491 e. The number of carbonyl (C=O) groups excluding carboxylic acids is 1. The van der Waals surface area contributed by atoms with Crippen molar-refractivity contribution in [2.45, 2.75) is 33.3 Å². The largest absolute Gasteiger partial charge is 0.491 e. The van der Waals surface area contributed by atoms with Crippen LogP contribution in [0, 0.1) is 6.92 Å². The number of ether oxygens (including phenoxy) is 1. The summed E-state index contributed by atoms with van der Waals surface area (Å²) in [5.74, 6) is 1.48. The maximum absolute atomic E-state index is 12.2. The number of amides is 1. The summed E-state index contributed by atoms with van der Waals surface area (Å²) < 4.78 is 5.64. The van der Waals surface area contributed by atoms with Gasteiger partial charge in [-0.15, -0.1) is 0 Å². The SMILES string of the molecule is Cc1cccc(CC(=O)Nc2ccc(Nc3ccc(OC(C)C)cc3)nc2)c1. The molecule has 0 fully saturated rings. The highest BCUT2D eigenvalue weighted by Crippen LogP contribution is 2.20. The molecule has 2 N–H and O–H groups in total. The summed E-state index contributed by atoms with van der Waals surface area (Å²) in [5, 5.41) is 6.11. The van der Waals surface area contributed by atoms with Gasteiger partial charge in [-0.1, -0.05) is 29.8 Å². The van der Waals surface area contributed by atoms with Crippen LogP contribution in [0.5, 0.6) is 5.75 Å². The van der Waals surface area contributed by atoms with Crippen molar-refractivity contribution in [3.05, 3.63) is 78.0 Å². The normalized spacial score (nSPS) is 10.6. The van der Waals surface area contributed by atoms with Gasteiger partial charge in [-0.25, -0.2) is 4.98 Å². The number of nitrogens with zero attached hydrogens (tertiary/aromatic N) is 1. The quantitative estimate of drug-likeness (QED) is 0.603. The van der Waals surface area contributed by atoms with E-state index in [-0.39, 0.29) is 12.0 Å². The maximum Gasteiger partial charge on any atom is 0.228 e. The minimum absolute atomic E-state index is 0.0612. The van der Waals surface area contributed by atoms with Crippen LogP contribution in [0.25, 0.3) is 0 Å². The summed E-state index contributed by atoms with van der Waals surface area (Å²) in [6.07, 6.45) is 2.13. The van der Waals surface area contributed by atoms with E-state index in [0.717, 1.165) is 22.6 Å². The molecule has 144 valence electrons. The van der Waals surface area contributed by atoms with Crippen LogP contribution in [0.3, 0.4) is 0 Å². The lowest BCUT2D eigenvalue weighted by Gasteiger charge is -2.11. The third-order valence-corrected chi connectivity index (χ3v) is 3.99. The number of anilines is 3. The second-order valence-corrected chi connectivity index (χ2v) is 6.96. The predicted octanol–water partition coefficient (Wildman–Crippen LogP) is 5.10. The number of pyridine rings is 1. The first-order chi connectivity index (χ1) is 13.5. The zero-order chi connectivity index (χ0) is 19.9. The fourth-order valence-electron chi connectivity index (χ4n) is 2.79. The Morgan fingerprint density at radius 2 is 1.79 bits per heavy atom. The molecule has 0 saturated carbocycles. The van der Waals surface area contributed by atoms with Gasteiger partial charge in [0.2, 0.25) is 5.91 Å². The van der Waals surface area contributed by atoms with Gasteiger partial charge in [0.15, 0.2) is 0 Å². The van der Waals surface area contributed by atoms with E-state index in [4.69, 9.17) is 4.74 Å². The van der Waals surface area contributed by atoms with Crippen LogP contribution in [0.1, 0.15) is 25.0 Å². The molecule has 0 saturated heterocycles. The van der Waals surface area contributed by atoms with E-state index in [1.54, 1.807) is 6.20 Å². The first kappa shape index (κ1) is 19.4. The molecule has 0 bridgehead atoms. The van der Waals surface area contributed by atoms with Crippen LogP contribution >= 0.6 is 0 Å². The van der Waals surface area contributed by atoms with Gasteiger partial charge in [-0.05, 0) is 62.7 Å². The molecule has 0 spiro atoms. The van der Waals surface area contributed by atoms with Crippen molar-refractivity contribution >= 4 is 23.1 Å². The van der Waals surface area contributed by atoms with Gasteiger partial charge in [0.05, 0.1) is 24.4 Å². The lowest BCUT2D eigenvalue weighted by atomic mass is 10.1. The van der Waals surface area contributed by atoms with Gasteiger partial charge in [0.1, 0.15) is 11.6 Å².